The fraction of sp³-hybridized carbons (Fsp3) is 0.647. The second-order valence-corrected chi connectivity index (χ2v) is 6.44. The van der Waals surface area contributed by atoms with Gasteiger partial charge in [0.25, 0.3) is 6.43 Å². The molecule has 1 aromatic carbocycles. The summed E-state index contributed by atoms with van der Waals surface area (Å²) in [5, 5.41) is 3.68. The van der Waals surface area contributed by atoms with Gasteiger partial charge in [0.1, 0.15) is 0 Å². The van der Waals surface area contributed by atoms with Gasteiger partial charge in [-0.05, 0) is 56.8 Å². The highest BCUT2D eigenvalue weighted by molar-refractivity contribution is 5.85. The Labute approximate surface area is 137 Å². The van der Waals surface area contributed by atoms with Gasteiger partial charge in [0, 0.05) is 18.2 Å². The molecule has 0 spiro atoms. The fourth-order valence-corrected chi connectivity index (χ4v) is 2.98. The maximum absolute atomic E-state index is 12.5. The Balaban J connectivity index is 0.00000176. The largest absolute Gasteiger partial charge is 0.314 e. The van der Waals surface area contributed by atoms with Crippen molar-refractivity contribution in [3.05, 3.63) is 35.4 Å². The van der Waals surface area contributed by atoms with E-state index in [1.165, 1.54) is 32.2 Å². The zero-order valence-corrected chi connectivity index (χ0v) is 13.6. The number of hydrogen-bond acceptors (Lipinski definition) is 2. The van der Waals surface area contributed by atoms with Crippen LogP contribution in [0.2, 0.25) is 0 Å². The smallest absolute Gasteiger partial charge is 0.263 e. The summed E-state index contributed by atoms with van der Waals surface area (Å²) < 4.78 is 25.0. The van der Waals surface area contributed by atoms with Gasteiger partial charge >= 0.3 is 0 Å². The normalized spacial score (nSPS) is 20.1. The van der Waals surface area contributed by atoms with Crippen molar-refractivity contribution in [3.8, 4) is 0 Å². The molecule has 1 saturated heterocycles. The zero-order chi connectivity index (χ0) is 14.7. The molecule has 0 amide bonds. The number of halogens is 3. The van der Waals surface area contributed by atoms with Gasteiger partial charge in [-0.1, -0.05) is 24.3 Å². The van der Waals surface area contributed by atoms with Crippen molar-refractivity contribution in [3.63, 3.8) is 0 Å². The predicted octanol–water partition coefficient (Wildman–Crippen LogP) is 4.01. The molecule has 1 heterocycles. The topological polar surface area (TPSA) is 15.3 Å². The van der Waals surface area contributed by atoms with Crippen LogP contribution < -0.4 is 5.32 Å². The minimum Gasteiger partial charge on any atom is -0.314 e. The molecular weight excluding hydrogens is 306 g/mol. The standard InChI is InChI=1S/C17H24F2N2.ClH/c18-17(19)15-5-3-14(4-6-15)12-21-9-7-16(8-10-21)20-11-13-1-2-13;/h3-6,13,16-17,20H,1-2,7-12H2;1H. The first kappa shape index (κ1) is 17.6. The van der Waals surface area contributed by atoms with E-state index < -0.39 is 6.43 Å². The summed E-state index contributed by atoms with van der Waals surface area (Å²) in [6.07, 6.45) is 2.83. The molecule has 0 aromatic heterocycles. The Kier molecular flexibility index (Phi) is 6.60. The molecule has 0 atom stereocenters. The fourth-order valence-electron chi connectivity index (χ4n) is 2.98. The van der Waals surface area contributed by atoms with Crippen molar-refractivity contribution in [2.75, 3.05) is 19.6 Å². The SMILES string of the molecule is Cl.FC(F)c1ccc(CN2CCC(NCC3CC3)CC2)cc1. The van der Waals surface area contributed by atoms with Crippen molar-refractivity contribution in [2.24, 2.45) is 5.92 Å². The number of piperidine rings is 1. The Hall–Kier alpha value is -0.710. The summed E-state index contributed by atoms with van der Waals surface area (Å²) in [5.41, 5.74) is 1.24. The van der Waals surface area contributed by atoms with Crippen molar-refractivity contribution < 1.29 is 8.78 Å². The molecule has 1 N–H and O–H groups in total. The average Bonchev–Trinajstić information content (AvgIpc) is 3.31. The molecule has 22 heavy (non-hydrogen) atoms. The van der Waals surface area contributed by atoms with Gasteiger partial charge < -0.3 is 5.32 Å². The van der Waals surface area contributed by atoms with Crippen molar-refractivity contribution in [1.82, 2.24) is 10.2 Å². The molecule has 0 unspecified atom stereocenters. The van der Waals surface area contributed by atoms with E-state index in [0.717, 1.165) is 31.1 Å². The molecule has 124 valence electrons. The number of alkyl halides is 2. The monoisotopic (exact) mass is 330 g/mol. The van der Waals surface area contributed by atoms with E-state index in [9.17, 15) is 8.78 Å². The van der Waals surface area contributed by atoms with Gasteiger partial charge in [-0.3, -0.25) is 4.90 Å². The predicted molar refractivity (Wildman–Crippen MR) is 87.7 cm³/mol. The van der Waals surface area contributed by atoms with E-state index in [-0.39, 0.29) is 18.0 Å². The maximum Gasteiger partial charge on any atom is 0.263 e. The molecule has 1 saturated carbocycles. The number of nitrogens with zero attached hydrogens (tertiary/aromatic N) is 1. The van der Waals surface area contributed by atoms with Crippen LogP contribution >= 0.6 is 12.4 Å². The number of hydrogen-bond donors (Lipinski definition) is 1. The Morgan fingerprint density at radius 1 is 1.05 bits per heavy atom. The van der Waals surface area contributed by atoms with Gasteiger partial charge in [-0.15, -0.1) is 12.4 Å². The molecule has 2 fully saturated rings. The van der Waals surface area contributed by atoms with Gasteiger partial charge in [0.05, 0.1) is 0 Å². The third-order valence-electron chi connectivity index (χ3n) is 4.62. The second kappa shape index (κ2) is 8.23. The van der Waals surface area contributed by atoms with Crippen molar-refractivity contribution in [2.45, 2.75) is 44.7 Å². The van der Waals surface area contributed by atoms with E-state index in [4.69, 9.17) is 0 Å². The van der Waals surface area contributed by atoms with Gasteiger partial charge in [-0.2, -0.15) is 0 Å². The van der Waals surface area contributed by atoms with Gasteiger partial charge in [0.15, 0.2) is 0 Å². The minimum atomic E-state index is -2.37. The molecule has 2 aliphatic rings. The molecule has 2 nitrogen and oxygen atoms in total. The first-order valence-corrected chi connectivity index (χ1v) is 8.03. The first-order chi connectivity index (χ1) is 10.2. The van der Waals surface area contributed by atoms with Gasteiger partial charge in [0.2, 0.25) is 0 Å². The van der Waals surface area contributed by atoms with E-state index in [0.29, 0.717) is 6.04 Å². The van der Waals surface area contributed by atoms with Crippen LogP contribution in [0.1, 0.15) is 43.2 Å². The summed E-state index contributed by atoms with van der Waals surface area (Å²) >= 11 is 0. The highest BCUT2D eigenvalue weighted by atomic mass is 35.5. The summed E-state index contributed by atoms with van der Waals surface area (Å²) in [5.74, 6) is 0.941. The highest BCUT2D eigenvalue weighted by Gasteiger charge is 2.24. The first-order valence-electron chi connectivity index (χ1n) is 8.03. The van der Waals surface area contributed by atoms with E-state index in [2.05, 4.69) is 10.2 Å². The number of likely N-dealkylation sites (tertiary alicyclic amines) is 1. The Morgan fingerprint density at radius 2 is 1.68 bits per heavy atom. The van der Waals surface area contributed by atoms with E-state index >= 15 is 0 Å². The Bertz CT molecular complexity index is 440. The highest BCUT2D eigenvalue weighted by Crippen LogP contribution is 2.28. The third kappa shape index (κ3) is 5.18. The van der Waals surface area contributed by atoms with E-state index in [1.807, 2.05) is 12.1 Å². The molecule has 1 aliphatic heterocycles. The third-order valence-corrected chi connectivity index (χ3v) is 4.62. The number of rotatable bonds is 6. The zero-order valence-electron chi connectivity index (χ0n) is 12.8. The summed E-state index contributed by atoms with van der Waals surface area (Å²) in [7, 11) is 0. The maximum atomic E-state index is 12.5. The second-order valence-electron chi connectivity index (χ2n) is 6.44. The molecule has 5 heteroatoms. The molecular formula is C17H25ClF2N2. The molecule has 1 aliphatic carbocycles. The summed E-state index contributed by atoms with van der Waals surface area (Å²) in [4.78, 5) is 2.42. The van der Waals surface area contributed by atoms with Crippen LogP contribution in [0.4, 0.5) is 8.78 Å². The van der Waals surface area contributed by atoms with Crippen LogP contribution in [0.3, 0.4) is 0 Å². The van der Waals surface area contributed by atoms with Crippen LogP contribution in [-0.2, 0) is 6.54 Å². The minimum absolute atomic E-state index is 0. The van der Waals surface area contributed by atoms with Crippen LogP contribution in [0.5, 0.6) is 0 Å². The van der Waals surface area contributed by atoms with Crippen LogP contribution in [-0.4, -0.2) is 30.6 Å². The van der Waals surface area contributed by atoms with Crippen LogP contribution in [0.15, 0.2) is 24.3 Å². The quantitative estimate of drug-likeness (QED) is 0.847. The average molecular weight is 331 g/mol. The van der Waals surface area contributed by atoms with Crippen LogP contribution in [0.25, 0.3) is 0 Å². The lowest BCUT2D eigenvalue weighted by Crippen LogP contribution is -2.42. The lowest BCUT2D eigenvalue weighted by molar-refractivity contribution is 0.151. The lowest BCUT2D eigenvalue weighted by atomic mass is 10.0. The molecule has 0 radical (unpaired) electrons. The Morgan fingerprint density at radius 3 is 2.23 bits per heavy atom. The van der Waals surface area contributed by atoms with Gasteiger partial charge in [-0.25, -0.2) is 8.78 Å². The summed E-state index contributed by atoms with van der Waals surface area (Å²) in [6, 6.07) is 7.43. The molecule has 3 rings (SSSR count). The van der Waals surface area contributed by atoms with Crippen molar-refractivity contribution in [1.29, 1.82) is 0 Å². The van der Waals surface area contributed by atoms with E-state index in [1.54, 1.807) is 12.1 Å². The molecule has 0 bridgehead atoms. The molecule has 1 aromatic rings. The van der Waals surface area contributed by atoms with Crippen LogP contribution in [0, 0.1) is 5.92 Å². The lowest BCUT2D eigenvalue weighted by Gasteiger charge is -2.32. The number of benzene rings is 1. The van der Waals surface area contributed by atoms with Crippen molar-refractivity contribution >= 4 is 12.4 Å². The summed E-state index contributed by atoms with van der Waals surface area (Å²) in [6.45, 7) is 4.26. The number of nitrogens with one attached hydrogen (secondary N) is 1.